The Kier molecular flexibility index (Phi) is 4.64. The van der Waals surface area contributed by atoms with Crippen molar-refractivity contribution in [2.24, 2.45) is 5.73 Å². The van der Waals surface area contributed by atoms with Crippen LogP contribution >= 0.6 is 23.4 Å². The first-order valence-electron chi connectivity index (χ1n) is 5.61. The van der Waals surface area contributed by atoms with Gasteiger partial charge in [0.05, 0.1) is 5.02 Å². The van der Waals surface area contributed by atoms with Crippen molar-refractivity contribution in [2.75, 3.05) is 6.54 Å². The number of hydrogen-bond acceptors (Lipinski definition) is 2. The molecule has 0 bridgehead atoms. The van der Waals surface area contributed by atoms with Crippen LogP contribution in [-0.2, 0) is 6.42 Å². The van der Waals surface area contributed by atoms with E-state index in [-0.39, 0.29) is 5.82 Å². The number of nitrogens with two attached hydrogens (primary N) is 1. The summed E-state index contributed by atoms with van der Waals surface area (Å²) < 4.78 is 12.9. The maximum absolute atomic E-state index is 12.9. The van der Waals surface area contributed by atoms with Crippen LogP contribution < -0.4 is 5.73 Å². The van der Waals surface area contributed by atoms with E-state index in [1.54, 1.807) is 12.1 Å². The first-order valence-corrected chi connectivity index (χ1v) is 6.81. The highest BCUT2D eigenvalue weighted by atomic mass is 35.5. The second-order valence-electron chi connectivity index (χ2n) is 3.82. The van der Waals surface area contributed by atoms with Crippen molar-refractivity contribution in [3.8, 4) is 0 Å². The Bertz CT molecular complexity index is 528. The Morgan fingerprint density at radius 1 is 1.11 bits per heavy atom. The molecule has 0 atom stereocenters. The van der Waals surface area contributed by atoms with E-state index in [4.69, 9.17) is 17.3 Å². The average Bonchev–Trinajstić information content (AvgIpc) is 2.36. The summed E-state index contributed by atoms with van der Waals surface area (Å²) in [7, 11) is 0. The molecule has 0 heterocycles. The van der Waals surface area contributed by atoms with Crippen LogP contribution in [0.5, 0.6) is 0 Å². The molecule has 0 amide bonds. The summed E-state index contributed by atoms with van der Waals surface area (Å²) in [5.74, 6) is -0.235. The normalized spacial score (nSPS) is 10.6. The molecule has 18 heavy (non-hydrogen) atoms. The highest BCUT2D eigenvalue weighted by molar-refractivity contribution is 7.99. The monoisotopic (exact) mass is 281 g/mol. The molecule has 2 rings (SSSR count). The summed E-state index contributed by atoms with van der Waals surface area (Å²) >= 11 is 7.75. The number of hydrogen-bond donors (Lipinski definition) is 1. The van der Waals surface area contributed by atoms with Crippen LogP contribution in [0.15, 0.2) is 52.3 Å². The molecule has 0 aliphatic rings. The first kappa shape index (κ1) is 13.4. The van der Waals surface area contributed by atoms with Crippen molar-refractivity contribution in [3.63, 3.8) is 0 Å². The van der Waals surface area contributed by atoms with Gasteiger partial charge in [0.15, 0.2) is 0 Å². The van der Waals surface area contributed by atoms with E-state index in [9.17, 15) is 4.39 Å². The molecule has 2 aromatic carbocycles. The van der Waals surface area contributed by atoms with E-state index in [1.165, 1.54) is 23.9 Å². The zero-order valence-electron chi connectivity index (χ0n) is 9.70. The van der Waals surface area contributed by atoms with Gasteiger partial charge in [0.25, 0.3) is 0 Å². The lowest BCUT2D eigenvalue weighted by molar-refractivity contribution is 0.626. The van der Waals surface area contributed by atoms with Gasteiger partial charge in [-0.2, -0.15) is 0 Å². The summed E-state index contributed by atoms with van der Waals surface area (Å²) in [5.41, 5.74) is 6.72. The fourth-order valence-electron chi connectivity index (χ4n) is 1.64. The Labute approximate surface area is 115 Å². The molecule has 0 radical (unpaired) electrons. The largest absolute Gasteiger partial charge is 0.330 e. The molecule has 1 nitrogen and oxygen atoms in total. The van der Waals surface area contributed by atoms with Gasteiger partial charge in [-0.05, 0) is 48.9 Å². The SMILES string of the molecule is NCCc1cccc(Cl)c1Sc1ccc(F)cc1. The third-order valence-electron chi connectivity index (χ3n) is 2.50. The molecule has 0 aliphatic heterocycles. The second-order valence-corrected chi connectivity index (χ2v) is 5.31. The highest BCUT2D eigenvalue weighted by Crippen LogP contribution is 2.36. The number of rotatable bonds is 4. The smallest absolute Gasteiger partial charge is 0.123 e. The van der Waals surface area contributed by atoms with Gasteiger partial charge in [0.2, 0.25) is 0 Å². The van der Waals surface area contributed by atoms with E-state index >= 15 is 0 Å². The zero-order chi connectivity index (χ0) is 13.0. The molecular weight excluding hydrogens is 269 g/mol. The van der Waals surface area contributed by atoms with Gasteiger partial charge >= 0.3 is 0 Å². The summed E-state index contributed by atoms with van der Waals surface area (Å²) in [6, 6.07) is 12.2. The van der Waals surface area contributed by atoms with Gasteiger partial charge in [-0.1, -0.05) is 35.5 Å². The summed E-state index contributed by atoms with van der Waals surface area (Å²) in [4.78, 5) is 1.96. The summed E-state index contributed by atoms with van der Waals surface area (Å²) in [5, 5.41) is 0.704. The Balaban J connectivity index is 2.30. The Morgan fingerprint density at radius 2 is 1.83 bits per heavy atom. The predicted molar refractivity (Wildman–Crippen MR) is 74.7 cm³/mol. The lowest BCUT2D eigenvalue weighted by Gasteiger charge is -2.10. The van der Waals surface area contributed by atoms with E-state index < -0.39 is 0 Å². The highest BCUT2D eigenvalue weighted by Gasteiger charge is 2.08. The molecule has 0 saturated carbocycles. The molecule has 4 heteroatoms. The van der Waals surface area contributed by atoms with E-state index in [0.717, 1.165) is 21.8 Å². The van der Waals surface area contributed by atoms with Crippen molar-refractivity contribution in [3.05, 3.63) is 58.9 Å². The molecule has 0 aliphatic carbocycles. The summed E-state index contributed by atoms with van der Waals surface area (Å²) in [6.07, 6.45) is 0.782. The van der Waals surface area contributed by atoms with Crippen LogP contribution in [0.2, 0.25) is 5.02 Å². The Hall–Kier alpha value is -1.03. The van der Waals surface area contributed by atoms with Crippen molar-refractivity contribution in [1.29, 1.82) is 0 Å². The molecule has 0 unspecified atom stereocenters. The minimum Gasteiger partial charge on any atom is -0.330 e. The van der Waals surface area contributed by atoms with Gasteiger partial charge in [0.1, 0.15) is 5.82 Å². The standard InChI is InChI=1S/C14H13ClFNS/c15-13-3-1-2-10(8-9-17)14(13)18-12-6-4-11(16)5-7-12/h1-7H,8-9,17H2. The minimum atomic E-state index is -0.235. The van der Waals surface area contributed by atoms with Gasteiger partial charge < -0.3 is 5.73 Å². The minimum absolute atomic E-state index is 0.235. The van der Waals surface area contributed by atoms with Crippen molar-refractivity contribution >= 4 is 23.4 Å². The van der Waals surface area contributed by atoms with E-state index in [0.29, 0.717) is 11.6 Å². The van der Waals surface area contributed by atoms with Crippen LogP contribution in [0.3, 0.4) is 0 Å². The zero-order valence-corrected chi connectivity index (χ0v) is 11.3. The molecule has 0 fully saturated rings. The van der Waals surface area contributed by atoms with Crippen LogP contribution in [-0.4, -0.2) is 6.54 Å². The number of halogens is 2. The topological polar surface area (TPSA) is 26.0 Å². The predicted octanol–water partition coefficient (Wildman–Crippen LogP) is 4.13. The molecule has 0 spiro atoms. The van der Waals surface area contributed by atoms with Gasteiger partial charge in [-0.15, -0.1) is 0 Å². The lowest BCUT2D eigenvalue weighted by Crippen LogP contribution is -2.03. The van der Waals surface area contributed by atoms with Gasteiger partial charge in [0, 0.05) is 9.79 Å². The average molecular weight is 282 g/mol. The fourth-order valence-corrected chi connectivity index (χ4v) is 2.93. The molecule has 2 aromatic rings. The van der Waals surface area contributed by atoms with E-state index in [2.05, 4.69) is 0 Å². The second kappa shape index (κ2) is 6.23. The maximum atomic E-state index is 12.9. The summed E-state index contributed by atoms with van der Waals surface area (Å²) in [6.45, 7) is 0.581. The first-order chi connectivity index (χ1) is 8.70. The molecule has 0 aromatic heterocycles. The van der Waals surface area contributed by atoms with Crippen LogP contribution in [0.4, 0.5) is 4.39 Å². The van der Waals surface area contributed by atoms with Crippen LogP contribution in [0.1, 0.15) is 5.56 Å². The molecule has 94 valence electrons. The van der Waals surface area contributed by atoms with Crippen LogP contribution in [0, 0.1) is 5.82 Å². The molecule has 0 saturated heterocycles. The maximum Gasteiger partial charge on any atom is 0.123 e. The third-order valence-corrected chi connectivity index (χ3v) is 4.12. The van der Waals surface area contributed by atoms with Crippen molar-refractivity contribution in [2.45, 2.75) is 16.2 Å². The van der Waals surface area contributed by atoms with Crippen molar-refractivity contribution in [1.82, 2.24) is 0 Å². The van der Waals surface area contributed by atoms with Gasteiger partial charge in [-0.3, -0.25) is 0 Å². The van der Waals surface area contributed by atoms with Gasteiger partial charge in [-0.25, -0.2) is 4.39 Å². The molecule has 2 N–H and O–H groups in total. The quantitative estimate of drug-likeness (QED) is 0.912. The van der Waals surface area contributed by atoms with E-state index in [1.807, 2.05) is 18.2 Å². The third kappa shape index (κ3) is 3.25. The number of benzene rings is 2. The molecular formula is C14H13ClFNS. The lowest BCUT2D eigenvalue weighted by atomic mass is 10.1. The van der Waals surface area contributed by atoms with Crippen molar-refractivity contribution < 1.29 is 4.39 Å². The fraction of sp³-hybridized carbons (Fsp3) is 0.143. The Morgan fingerprint density at radius 3 is 2.50 bits per heavy atom. The van der Waals surface area contributed by atoms with Crippen LogP contribution in [0.25, 0.3) is 0 Å².